The van der Waals surface area contributed by atoms with Crippen molar-refractivity contribution in [2.75, 3.05) is 0 Å². The summed E-state index contributed by atoms with van der Waals surface area (Å²) >= 11 is 0. The second-order valence-corrected chi connectivity index (χ2v) is 4.87. The molecule has 0 aliphatic carbocycles. The van der Waals surface area contributed by atoms with Crippen LogP contribution in [-0.4, -0.2) is 10.2 Å². The number of nitrogens with zero attached hydrogens (tertiary/aromatic N) is 3. The van der Waals surface area contributed by atoms with Gasteiger partial charge in [-0.15, -0.1) is 0 Å². The van der Waals surface area contributed by atoms with Gasteiger partial charge in [0.2, 0.25) is 5.75 Å². The Morgan fingerprint density at radius 1 is 0.840 bits per heavy atom. The number of ether oxygens (including phenoxy) is 2. The normalized spacial score (nSPS) is 9.68. The van der Waals surface area contributed by atoms with E-state index in [0.717, 1.165) is 0 Å². The Kier molecular flexibility index (Phi) is 4.41. The molecule has 120 valence electrons. The molecule has 0 amide bonds. The number of nitrogens with one attached hydrogen (secondary N) is 1. The van der Waals surface area contributed by atoms with Crippen LogP contribution in [0.15, 0.2) is 59.5 Å². The molecule has 0 unspecified atom stereocenters. The third kappa shape index (κ3) is 3.63. The average Bonchev–Trinajstić information content (AvgIpc) is 2.66. The number of benzene rings is 2. The Morgan fingerprint density at radius 3 is 1.88 bits per heavy atom. The maximum atomic E-state index is 12.0. The number of nitriles is 2. The number of H-pyrrole nitrogens is 1. The van der Waals surface area contributed by atoms with Crippen molar-refractivity contribution >= 4 is 0 Å². The van der Waals surface area contributed by atoms with Crippen LogP contribution in [0.25, 0.3) is 0 Å². The van der Waals surface area contributed by atoms with Crippen molar-refractivity contribution in [2.45, 2.75) is 0 Å². The molecule has 3 rings (SSSR count). The minimum Gasteiger partial charge on any atom is -0.452 e. The first kappa shape index (κ1) is 15.8. The lowest BCUT2D eigenvalue weighted by atomic mass is 10.2. The zero-order valence-corrected chi connectivity index (χ0v) is 12.8. The van der Waals surface area contributed by atoms with Crippen molar-refractivity contribution in [3.05, 3.63) is 76.2 Å². The largest absolute Gasteiger partial charge is 0.452 e. The van der Waals surface area contributed by atoms with Crippen molar-refractivity contribution in [3.63, 3.8) is 0 Å². The molecule has 0 fully saturated rings. The molecule has 0 aliphatic rings. The molecule has 1 N–H and O–H groups in total. The van der Waals surface area contributed by atoms with Crippen LogP contribution in [0.3, 0.4) is 0 Å². The smallest absolute Gasteiger partial charge is 0.311 e. The Labute approximate surface area is 142 Å². The van der Waals surface area contributed by atoms with Crippen LogP contribution < -0.4 is 15.0 Å². The SMILES string of the molecule is N#Cc1ccc(Oc2cn[nH]c(=O)c2Oc2ccc(C#N)cc2)cc1. The van der Waals surface area contributed by atoms with Crippen LogP contribution >= 0.6 is 0 Å². The molecule has 3 aromatic rings. The van der Waals surface area contributed by atoms with Crippen molar-refractivity contribution < 1.29 is 9.47 Å². The highest BCUT2D eigenvalue weighted by molar-refractivity contribution is 5.44. The molecule has 7 heteroatoms. The topological polar surface area (TPSA) is 112 Å². The van der Waals surface area contributed by atoms with Crippen molar-refractivity contribution in [2.24, 2.45) is 0 Å². The van der Waals surface area contributed by atoms with Gasteiger partial charge in [0.15, 0.2) is 5.75 Å². The summed E-state index contributed by atoms with van der Waals surface area (Å²) in [6.07, 6.45) is 1.32. The average molecular weight is 330 g/mol. The highest BCUT2D eigenvalue weighted by Gasteiger charge is 2.13. The van der Waals surface area contributed by atoms with Crippen molar-refractivity contribution in [1.29, 1.82) is 10.5 Å². The van der Waals surface area contributed by atoms with Gasteiger partial charge < -0.3 is 9.47 Å². The zero-order chi connectivity index (χ0) is 17.6. The lowest BCUT2D eigenvalue weighted by Crippen LogP contribution is -2.11. The quantitative estimate of drug-likeness (QED) is 0.786. The van der Waals surface area contributed by atoms with Gasteiger partial charge in [-0.3, -0.25) is 4.79 Å². The fraction of sp³-hybridized carbons (Fsp3) is 0. The summed E-state index contributed by atoms with van der Waals surface area (Å²) < 4.78 is 11.2. The lowest BCUT2D eigenvalue weighted by molar-refractivity contribution is 0.409. The fourth-order valence-electron chi connectivity index (χ4n) is 1.98. The van der Waals surface area contributed by atoms with Gasteiger partial charge in [-0.25, -0.2) is 5.10 Å². The van der Waals surface area contributed by atoms with Crippen LogP contribution in [0.4, 0.5) is 0 Å². The van der Waals surface area contributed by atoms with Crippen LogP contribution in [0.5, 0.6) is 23.0 Å². The maximum absolute atomic E-state index is 12.0. The van der Waals surface area contributed by atoms with Gasteiger partial charge in [0.05, 0.1) is 29.5 Å². The van der Waals surface area contributed by atoms with E-state index in [1.54, 1.807) is 48.5 Å². The van der Waals surface area contributed by atoms with Crippen LogP contribution in [0, 0.1) is 22.7 Å². The summed E-state index contributed by atoms with van der Waals surface area (Å²) in [4.78, 5) is 12.0. The van der Waals surface area contributed by atoms with Crippen molar-refractivity contribution in [3.8, 4) is 35.1 Å². The van der Waals surface area contributed by atoms with E-state index in [2.05, 4.69) is 10.2 Å². The van der Waals surface area contributed by atoms with Gasteiger partial charge >= 0.3 is 5.56 Å². The van der Waals surface area contributed by atoms with Gasteiger partial charge in [-0.05, 0) is 48.5 Å². The summed E-state index contributed by atoms with van der Waals surface area (Å²) in [7, 11) is 0. The lowest BCUT2D eigenvalue weighted by Gasteiger charge is -2.10. The van der Waals surface area contributed by atoms with Crippen molar-refractivity contribution in [1.82, 2.24) is 10.2 Å². The second-order valence-electron chi connectivity index (χ2n) is 4.87. The summed E-state index contributed by atoms with van der Waals surface area (Å²) in [5.41, 5.74) is 0.408. The van der Waals surface area contributed by atoms with Gasteiger partial charge in [0.1, 0.15) is 11.5 Å². The molecule has 0 saturated carbocycles. The molecule has 0 spiro atoms. The Hall–Kier alpha value is -4.10. The minimum atomic E-state index is -0.560. The van der Waals surface area contributed by atoms with E-state index in [1.165, 1.54) is 6.20 Å². The molecular weight excluding hydrogens is 320 g/mol. The van der Waals surface area contributed by atoms with E-state index in [-0.39, 0.29) is 11.5 Å². The summed E-state index contributed by atoms with van der Waals surface area (Å²) in [5, 5.41) is 23.6. The number of aromatic nitrogens is 2. The van der Waals surface area contributed by atoms with E-state index in [1.807, 2.05) is 12.1 Å². The van der Waals surface area contributed by atoms with Gasteiger partial charge in [0.25, 0.3) is 0 Å². The van der Waals surface area contributed by atoms with Crippen LogP contribution in [0.2, 0.25) is 0 Å². The van der Waals surface area contributed by atoms with E-state index in [9.17, 15) is 4.79 Å². The molecule has 0 aliphatic heterocycles. The molecule has 0 saturated heterocycles. The second kappa shape index (κ2) is 6.99. The highest BCUT2D eigenvalue weighted by atomic mass is 16.5. The van der Waals surface area contributed by atoms with Crippen LogP contribution in [0.1, 0.15) is 11.1 Å². The molecular formula is C18H10N4O3. The van der Waals surface area contributed by atoms with E-state index in [4.69, 9.17) is 20.0 Å². The molecule has 25 heavy (non-hydrogen) atoms. The minimum absolute atomic E-state index is 0.0657. The summed E-state index contributed by atoms with van der Waals surface area (Å²) in [6, 6.07) is 16.7. The first-order chi connectivity index (χ1) is 12.2. The van der Waals surface area contributed by atoms with Gasteiger partial charge in [-0.1, -0.05) is 0 Å². The number of aromatic amines is 1. The summed E-state index contributed by atoms with van der Waals surface area (Å²) in [5.74, 6) is 0.860. The highest BCUT2D eigenvalue weighted by Crippen LogP contribution is 2.30. The molecule has 2 aromatic carbocycles. The predicted molar refractivity (Wildman–Crippen MR) is 87.3 cm³/mol. The Balaban J connectivity index is 1.89. The molecule has 1 heterocycles. The number of rotatable bonds is 4. The fourth-order valence-corrected chi connectivity index (χ4v) is 1.98. The number of hydrogen-bond acceptors (Lipinski definition) is 6. The van der Waals surface area contributed by atoms with E-state index >= 15 is 0 Å². The Bertz CT molecular complexity index is 1030. The molecule has 0 radical (unpaired) electrons. The third-order valence-corrected chi connectivity index (χ3v) is 3.19. The first-order valence-corrected chi connectivity index (χ1v) is 7.13. The maximum Gasteiger partial charge on any atom is 0.311 e. The first-order valence-electron chi connectivity index (χ1n) is 7.13. The van der Waals surface area contributed by atoms with E-state index < -0.39 is 5.56 Å². The standard InChI is InChI=1S/C18H10N4O3/c19-9-12-1-5-14(6-2-12)24-16-11-21-22-18(23)17(16)25-15-7-3-13(10-20)4-8-15/h1-8,11H,(H,22,23). The van der Waals surface area contributed by atoms with Gasteiger partial charge in [-0.2, -0.15) is 15.6 Å². The molecule has 0 bridgehead atoms. The Morgan fingerprint density at radius 2 is 1.36 bits per heavy atom. The monoisotopic (exact) mass is 330 g/mol. The number of hydrogen-bond donors (Lipinski definition) is 1. The molecule has 0 atom stereocenters. The van der Waals surface area contributed by atoms with E-state index in [0.29, 0.717) is 22.6 Å². The predicted octanol–water partition coefficient (Wildman–Crippen LogP) is 3.10. The molecule has 7 nitrogen and oxygen atoms in total. The molecule has 1 aromatic heterocycles. The zero-order valence-electron chi connectivity index (χ0n) is 12.8. The van der Waals surface area contributed by atoms with Gasteiger partial charge in [0, 0.05) is 0 Å². The van der Waals surface area contributed by atoms with Crippen LogP contribution in [-0.2, 0) is 0 Å². The summed E-state index contributed by atoms with van der Waals surface area (Å²) in [6.45, 7) is 0. The third-order valence-electron chi connectivity index (χ3n) is 3.19.